The minimum atomic E-state index is -0.193. The van der Waals surface area contributed by atoms with Crippen LogP contribution >= 0.6 is 27.5 Å². The highest BCUT2D eigenvalue weighted by Gasteiger charge is 2.22. The van der Waals surface area contributed by atoms with Crippen LogP contribution < -0.4 is 4.74 Å². The summed E-state index contributed by atoms with van der Waals surface area (Å²) >= 11 is 9.60. The van der Waals surface area contributed by atoms with Gasteiger partial charge in [0.1, 0.15) is 11.8 Å². The van der Waals surface area contributed by atoms with Crippen molar-refractivity contribution in [3.8, 4) is 17.1 Å². The predicted molar refractivity (Wildman–Crippen MR) is 94.5 cm³/mol. The molecule has 0 aliphatic heterocycles. The lowest BCUT2D eigenvalue weighted by Gasteiger charge is -2.09. The van der Waals surface area contributed by atoms with Gasteiger partial charge in [-0.2, -0.15) is 10.1 Å². The Morgan fingerprint density at radius 2 is 2.08 bits per heavy atom. The highest BCUT2D eigenvalue weighted by Crippen LogP contribution is 2.32. The average molecular weight is 412 g/mol. The van der Waals surface area contributed by atoms with Crippen molar-refractivity contribution in [1.29, 1.82) is 0 Å². The van der Waals surface area contributed by atoms with Crippen LogP contribution in [0, 0.1) is 13.8 Å². The largest absolute Gasteiger partial charge is 0.496 e. The second-order valence-corrected chi connectivity index (χ2v) is 6.64. The Morgan fingerprint density at radius 1 is 1.33 bits per heavy atom. The Bertz CT molecular complexity index is 890. The average Bonchev–Trinajstić information content (AvgIpc) is 3.15. The predicted octanol–water partition coefficient (Wildman–Crippen LogP) is 4.58. The molecular weight excluding hydrogens is 396 g/mol. The van der Waals surface area contributed by atoms with Crippen LogP contribution in [-0.2, 0) is 0 Å². The van der Waals surface area contributed by atoms with E-state index >= 15 is 0 Å². The quantitative estimate of drug-likeness (QED) is 0.628. The molecule has 0 aliphatic rings. The maximum Gasteiger partial charge on any atom is 0.251 e. The highest BCUT2D eigenvalue weighted by molar-refractivity contribution is 9.10. The first-order valence-electron chi connectivity index (χ1n) is 7.31. The van der Waals surface area contributed by atoms with Crippen molar-refractivity contribution in [1.82, 2.24) is 19.9 Å². The number of hydrogen-bond donors (Lipinski definition) is 0. The Labute approximate surface area is 152 Å². The second-order valence-electron chi connectivity index (χ2n) is 5.41. The van der Waals surface area contributed by atoms with Crippen molar-refractivity contribution in [2.75, 3.05) is 7.11 Å². The Kier molecular flexibility index (Phi) is 4.64. The van der Waals surface area contributed by atoms with Crippen LogP contribution in [0.15, 0.2) is 27.2 Å². The normalized spacial score (nSPS) is 12.4. The zero-order valence-corrected chi connectivity index (χ0v) is 16.0. The molecule has 0 spiro atoms. The molecule has 8 heteroatoms. The smallest absolute Gasteiger partial charge is 0.251 e. The molecule has 3 aromatic rings. The van der Waals surface area contributed by atoms with Crippen molar-refractivity contribution in [2.24, 2.45) is 0 Å². The van der Waals surface area contributed by atoms with Gasteiger partial charge in [-0.1, -0.05) is 16.8 Å². The summed E-state index contributed by atoms with van der Waals surface area (Å²) in [6, 6.07) is 5.08. The first-order chi connectivity index (χ1) is 11.4. The number of ether oxygens (including phenoxy) is 1. The molecule has 1 unspecified atom stereocenters. The molecule has 1 atom stereocenters. The van der Waals surface area contributed by atoms with E-state index in [1.807, 2.05) is 25.5 Å². The summed E-state index contributed by atoms with van der Waals surface area (Å²) in [6.45, 7) is 5.88. The van der Waals surface area contributed by atoms with E-state index in [0.717, 1.165) is 15.9 Å². The van der Waals surface area contributed by atoms with Crippen LogP contribution in [0.4, 0.5) is 0 Å². The van der Waals surface area contributed by atoms with Crippen LogP contribution in [0.2, 0.25) is 5.02 Å². The minimum absolute atomic E-state index is 0.193. The zero-order chi connectivity index (χ0) is 17.4. The fourth-order valence-electron chi connectivity index (χ4n) is 2.49. The number of benzene rings is 1. The number of aryl methyl sites for hydroxylation is 1. The van der Waals surface area contributed by atoms with Gasteiger partial charge in [0.15, 0.2) is 0 Å². The van der Waals surface area contributed by atoms with Gasteiger partial charge >= 0.3 is 0 Å². The molecule has 126 valence electrons. The first kappa shape index (κ1) is 17.0. The van der Waals surface area contributed by atoms with E-state index in [2.05, 4.69) is 31.2 Å². The molecule has 6 nitrogen and oxygen atoms in total. The Morgan fingerprint density at radius 3 is 2.71 bits per heavy atom. The molecule has 0 aliphatic carbocycles. The van der Waals surface area contributed by atoms with Crippen LogP contribution in [-0.4, -0.2) is 27.0 Å². The molecule has 0 radical (unpaired) electrons. The summed E-state index contributed by atoms with van der Waals surface area (Å²) in [6.07, 6.45) is 0. The van der Waals surface area contributed by atoms with Crippen LogP contribution in [0.25, 0.3) is 11.4 Å². The molecule has 1 aromatic carbocycles. The molecule has 0 saturated carbocycles. The maximum absolute atomic E-state index is 6.07. The molecule has 0 bridgehead atoms. The minimum Gasteiger partial charge on any atom is -0.496 e. The number of rotatable bonds is 4. The number of methoxy groups -OCH3 is 1. The summed E-state index contributed by atoms with van der Waals surface area (Å²) in [4.78, 5) is 4.49. The van der Waals surface area contributed by atoms with Gasteiger partial charge in [0.05, 0.1) is 28.5 Å². The summed E-state index contributed by atoms with van der Waals surface area (Å²) < 4.78 is 13.6. The van der Waals surface area contributed by atoms with Crippen molar-refractivity contribution in [2.45, 2.75) is 26.8 Å². The van der Waals surface area contributed by atoms with Gasteiger partial charge in [0, 0.05) is 5.02 Å². The van der Waals surface area contributed by atoms with E-state index in [4.69, 9.17) is 20.9 Å². The SMILES string of the molecule is COc1ccc(Cl)cc1-c1noc(C(C)n2nc(C)c(Br)c2C)n1. The lowest BCUT2D eigenvalue weighted by Crippen LogP contribution is -2.10. The van der Waals surface area contributed by atoms with Crippen molar-refractivity contribution < 1.29 is 9.26 Å². The first-order valence-corrected chi connectivity index (χ1v) is 8.48. The Hall–Kier alpha value is -1.86. The van der Waals surface area contributed by atoms with E-state index in [-0.39, 0.29) is 6.04 Å². The van der Waals surface area contributed by atoms with Crippen LogP contribution in [0.1, 0.15) is 30.2 Å². The molecular formula is C16H16BrClN4O2. The lowest BCUT2D eigenvalue weighted by atomic mass is 10.2. The summed E-state index contributed by atoms with van der Waals surface area (Å²) in [7, 11) is 1.59. The number of aromatic nitrogens is 4. The van der Waals surface area contributed by atoms with Gasteiger partial charge in [-0.3, -0.25) is 4.68 Å². The lowest BCUT2D eigenvalue weighted by molar-refractivity contribution is 0.333. The molecule has 3 rings (SSSR count). The molecule has 0 amide bonds. The zero-order valence-electron chi connectivity index (χ0n) is 13.7. The number of nitrogens with zero attached hydrogens (tertiary/aromatic N) is 4. The number of hydrogen-bond acceptors (Lipinski definition) is 5. The topological polar surface area (TPSA) is 66.0 Å². The monoisotopic (exact) mass is 410 g/mol. The van der Waals surface area contributed by atoms with E-state index < -0.39 is 0 Å². The summed E-state index contributed by atoms with van der Waals surface area (Å²) in [5, 5.41) is 9.15. The standard InChI is InChI=1S/C16H16BrClN4O2/c1-8-14(17)9(2)22(20-8)10(3)16-19-15(21-24-16)12-7-11(18)5-6-13(12)23-4/h5-7,10H,1-4H3. The molecule has 0 saturated heterocycles. The summed E-state index contributed by atoms with van der Waals surface area (Å²) in [5.41, 5.74) is 2.59. The van der Waals surface area contributed by atoms with E-state index in [9.17, 15) is 0 Å². The molecule has 2 heterocycles. The van der Waals surface area contributed by atoms with Gasteiger partial charge in [-0.25, -0.2) is 0 Å². The van der Waals surface area contributed by atoms with Crippen molar-refractivity contribution in [3.63, 3.8) is 0 Å². The van der Waals surface area contributed by atoms with Crippen LogP contribution in [0.3, 0.4) is 0 Å². The van der Waals surface area contributed by atoms with Gasteiger partial charge < -0.3 is 9.26 Å². The molecule has 0 fully saturated rings. The Balaban J connectivity index is 1.99. The van der Waals surface area contributed by atoms with E-state index in [1.165, 1.54) is 0 Å². The van der Waals surface area contributed by atoms with E-state index in [0.29, 0.717) is 28.1 Å². The third-order valence-electron chi connectivity index (χ3n) is 3.81. The number of halogens is 2. The van der Waals surface area contributed by atoms with Crippen LogP contribution in [0.5, 0.6) is 5.75 Å². The molecule has 24 heavy (non-hydrogen) atoms. The third kappa shape index (κ3) is 2.93. The van der Waals surface area contributed by atoms with Gasteiger partial charge in [0.2, 0.25) is 5.82 Å². The van der Waals surface area contributed by atoms with Crippen molar-refractivity contribution in [3.05, 3.63) is 45.0 Å². The van der Waals surface area contributed by atoms with Gasteiger partial charge in [0.25, 0.3) is 5.89 Å². The van der Waals surface area contributed by atoms with Crippen molar-refractivity contribution >= 4 is 27.5 Å². The molecule has 2 aromatic heterocycles. The van der Waals surface area contributed by atoms with Gasteiger partial charge in [-0.15, -0.1) is 0 Å². The highest BCUT2D eigenvalue weighted by atomic mass is 79.9. The maximum atomic E-state index is 6.07. The second kappa shape index (κ2) is 6.57. The fraction of sp³-hybridized carbons (Fsp3) is 0.312. The fourth-order valence-corrected chi connectivity index (χ4v) is 2.93. The molecule has 0 N–H and O–H groups in total. The third-order valence-corrected chi connectivity index (χ3v) is 5.19. The summed E-state index contributed by atoms with van der Waals surface area (Å²) in [5.74, 6) is 1.52. The van der Waals surface area contributed by atoms with Gasteiger partial charge in [-0.05, 0) is 54.9 Å². The van der Waals surface area contributed by atoms with E-state index in [1.54, 1.807) is 25.3 Å².